The van der Waals surface area contributed by atoms with Crippen molar-refractivity contribution in [2.24, 2.45) is 0 Å². The Hall–Kier alpha value is -8.34. The van der Waals surface area contributed by atoms with Crippen molar-refractivity contribution in [3.63, 3.8) is 0 Å². The minimum Gasteiger partial charge on any atom is -0.309 e. The van der Waals surface area contributed by atoms with Crippen LogP contribution in [-0.4, -0.2) is 19.1 Å². The van der Waals surface area contributed by atoms with E-state index in [4.69, 9.17) is 9.97 Å². The molecule has 0 spiro atoms. The van der Waals surface area contributed by atoms with Gasteiger partial charge < -0.3 is 4.57 Å². The van der Waals surface area contributed by atoms with Gasteiger partial charge in [-0.25, -0.2) is 9.97 Å². The molecule has 3 heterocycles. The molecule has 62 heavy (non-hydrogen) atoms. The number of aromatic nitrogens is 4. The molecule has 0 radical (unpaired) electrons. The highest BCUT2D eigenvalue weighted by Crippen LogP contribution is 2.42. The summed E-state index contributed by atoms with van der Waals surface area (Å²) in [7, 11) is 0. The van der Waals surface area contributed by atoms with Crippen LogP contribution in [0.5, 0.6) is 0 Å². The molecule has 0 bridgehead atoms. The molecule has 0 N–H and O–H groups in total. The van der Waals surface area contributed by atoms with Crippen molar-refractivity contribution in [3.8, 4) is 45.0 Å². The minimum atomic E-state index is 0.791. The van der Waals surface area contributed by atoms with Gasteiger partial charge in [0, 0.05) is 32.8 Å². The third-order valence-corrected chi connectivity index (χ3v) is 12.6. The number of para-hydroxylation sites is 3. The number of nitrogens with zero attached hydrogens (tertiary/aromatic N) is 4. The van der Waals surface area contributed by atoms with Crippen molar-refractivity contribution in [2.45, 2.75) is 0 Å². The maximum Gasteiger partial charge on any atom is 0.165 e. The van der Waals surface area contributed by atoms with Crippen molar-refractivity contribution < 1.29 is 0 Å². The summed E-state index contributed by atoms with van der Waals surface area (Å²) >= 11 is 0. The quantitative estimate of drug-likeness (QED) is 0.174. The molecule has 10 aromatic carbocycles. The Morgan fingerprint density at radius 3 is 1.39 bits per heavy atom. The molecular formula is C58H36N4. The molecule has 0 fully saturated rings. The summed E-state index contributed by atoms with van der Waals surface area (Å²) < 4.78 is 4.79. The van der Waals surface area contributed by atoms with E-state index in [2.05, 4.69) is 215 Å². The third kappa shape index (κ3) is 5.40. The highest BCUT2D eigenvalue weighted by Gasteiger charge is 2.22. The smallest absolute Gasteiger partial charge is 0.165 e. The van der Waals surface area contributed by atoms with Gasteiger partial charge in [0.05, 0.1) is 33.1 Å². The van der Waals surface area contributed by atoms with Crippen molar-refractivity contribution in [2.75, 3.05) is 0 Å². The average molecular weight is 789 g/mol. The molecule has 0 saturated carbocycles. The second-order valence-corrected chi connectivity index (χ2v) is 16.2. The molecule has 0 aliphatic carbocycles. The first-order valence-corrected chi connectivity index (χ1v) is 21.1. The van der Waals surface area contributed by atoms with Crippen LogP contribution in [-0.2, 0) is 0 Å². The van der Waals surface area contributed by atoms with Gasteiger partial charge in [-0.2, -0.15) is 0 Å². The molecule has 13 rings (SSSR count). The number of benzene rings is 10. The Morgan fingerprint density at radius 2 is 0.742 bits per heavy atom. The van der Waals surface area contributed by atoms with Crippen LogP contribution in [0.3, 0.4) is 0 Å². The second-order valence-electron chi connectivity index (χ2n) is 16.2. The predicted molar refractivity (Wildman–Crippen MR) is 260 cm³/mol. The molecule has 0 saturated heterocycles. The van der Waals surface area contributed by atoms with E-state index in [9.17, 15) is 0 Å². The number of hydrogen-bond acceptors (Lipinski definition) is 2. The van der Waals surface area contributed by atoms with E-state index in [1.54, 1.807) is 0 Å². The van der Waals surface area contributed by atoms with Gasteiger partial charge in [-0.05, 0) is 123 Å². The lowest BCUT2D eigenvalue weighted by atomic mass is 9.95. The van der Waals surface area contributed by atoms with E-state index in [-0.39, 0.29) is 0 Å². The highest BCUT2D eigenvalue weighted by molar-refractivity contribution is 6.16. The Morgan fingerprint density at radius 1 is 0.274 bits per heavy atom. The van der Waals surface area contributed by atoms with Crippen molar-refractivity contribution in [1.29, 1.82) is 0 Å². The lowest BCUT2D eigenvalue weighted by Gasteiger charge is -2.16. The van der Waals surface area contributed by atoms with Gasteiger partial charge >= 0.3 is 0 Å². The summed E-state index contributed by atoms with van der Waals surface area (Å²) in [6.45, 7) is 0. The van der Waals surface area contributed by atoms with Gasteiger partial charge in [-0.3, -0.25) is 4.57 Å². The van der Waals surface area contributed by atoms with E-state index in [0.717, 1.165) is 77.9 Å². The maximum atomic E-state index is 5.56. The molecule has 4 nitrogen and oxygen atoms in total. The van der Waals surface area contributed by atoms with Gasteiger partial charge in [-0.1, -0.05) is 140 Å². The summed E-state index contributed by atoms with van der Waals surface area (Å²) in [6.07, 6.45) is 0. The van der Waals surface area contributed by atoms with Crippen LogP contribution in [0.1, 0.15) is 0 Å². The number of hydrogen-bond donors (Lipinski definition) is 0. The van der Waals surface area contributed by atoms with Gasteiger partial charge in [0.1, 0.15) is 5.69 Å². The first-order chi connectivity index (χ1) is 30.7. The van der Waals surface area contributed by atoms with E-state index in [1.165, 1.54) is 43.4 Å². The zero-order chi connectivity index (χ0) is 40.7. The van der Waals surface area contributed by atoms with Gasteiger partial charge in [0.15, 0.2) is 5.82 Å². The predicted octanol–water partition coefficient (Wildman–Crippen LogP) is 15.1. The Bertz CT molecular complexity index is 3860. The first-order valence-electron chi connectivity index (χ1n) is 21.1. The van der Waals surface area contributed by atoms with Gasteiger partial charge in [0.2, 0.25) is 0 Å². The van der Waals surface area contributed by atoms with Crippen molar-refractivity contribution >= 4 is 76.2 Å². The van der Waals surface area contributed by atoms with Crippen molar-refractivity contribution in [1.82, 2.24) is 19.1 Å². The highest BCUT2D eigenvalue weighted by atomic mass is 15.1. The van der Waals surface area contributed by atoms with Gasteiger partial charge in [0.25, 0.3) is 0 Å². The summed E-state index contributed by atoms with van der Waals surface area (Å²) in [5.74, 6) is 0.791. The van der Waals surface area contributed by atoms with E-state index < -0.39 is 0 Å². The molecule has 0 amide bonds. The first kappa shape index (κ1) is 34.5. The molecule has 0 unspecified atom stereocenters. The van der Waals surface area contributed by atoms with E-state index in [1.807, 2.05) is 12.1 Å². The number of fused-ring (bicyclic) bond motifs is 9. The zero-order valence-corrected chi connectivity index (χ0v) is 33.6. The van der Waals surface area contributed by atoms with E-state index in [0.29, 0.717) is 0 Å². The molecule has 13 aromatic rings. The van der Waals surface area contributed by atoms with Crippen LogP contribution in [0.2, 0.25) is 0 Å². The van der Waals surface area contributed by atoms with Crippen molar-refractivity contribution in [3.05, 3.63) is 218 Å². The van der Waals surface area contributed by atoms with Crippen LogP contribution >= 0.6 is 0 Å². The SMILES string of the molecule is c1ccc(-c2cc(-c3ccccc3)cc(-c3nc4ccccc4nc3-n3c4ccc(-n5c6ccccc6c6cc7ccccc7cc65)cc4c4cc5ccccc5cc43)c2)cc1. The van der Waals surface area contributed by atoms with Crippen LogP contribution < -0.4 is 0 Å². The summed E-state index contributed by atoms with van der Waals surface area (Å²) in [4.78, 5) is 11.1. The number of rotatable bonds is 5. The minimum absolute atomic E-state index is 0.791. The van der Waals surface area contributed by atoms with E-state index >= 15 is 0 Å². The lowest BCUT2D eigenvalue weighted by Crippen LogP contribution is -2.04. The Kier molecular flexibility index (Phi) is 7.57. The topological polar surface area (TPSA) is 35.6 Å². The molecule has 0 atom stereocenters. The largest absolute Gasteiger partial charge is 0.309 e. The second kappa shape index (κ2) is 13.6. The maximum absolute atomic E-state index is 5.56. The van der Waals surface area contributed by atoms with Crippen LogP contribution in [0.4, 0.5) is 0 Å². The standard InChI is InChI=1S/C58H36N4/c1-3-15-37(16-4-1)43-29-44(38-17-5-2-6-18-38)31-45(30-43)57-58(60-52-25-13-12-24-51(52)59-57)62-54-28-27-46(36-50(54)49-33-40-20-8-10-22-42(40)35-56(49)62)61-53-26-14-11-23-47(53)48-32-39-19-7-9-21-41(39)34-55(48)61/h1-36H. The van der Waals surface area contributed by atoms with Crippen LogP contribution in [0.15, 0.2) is 218 Å². The fourth-order valence-electron chi connectivity index (χ4n) is 9.69. The summed E-state index contributed by atoms with van der Waals surface area (Å²) in [5.41, 5.74) is 13.7. The summed E-state index contributed by atoms with van der Waals surface area (Å²) in [5, 5.41) is 9.64. The van der Waals surface area contributed by atoms with Gasteiger partial charge in [-0.15, -0.1) is 0 Å². The summed E-state index contributed by atoms with van der Waals surface area (Å²) in [6, 6.07) is 78.7. The zero-order valence-electron chi connectivity index (χ0n) is 33.6. The Balaban J connectivity index is 1.12. The average Bonchev–Trinajstić information content (AvgIpc) is 3.83. The fraction of sp³-hybridized carbons (Fsp3) is 0. The normalized spacial score (nSPS) is 11.9. The van der Waals surface area contributed by atoms with Crippen LogP contribution in [0, 0.1) is 0 Å². The monoisotopic (exact) mass is 788 g/mol. The third-order valence-electron chi connectivity index (χ3n) is 12.6. The fourth-order valence-corrected chi connectivity index (χ4v) is 9.69. The lowest BCUT2D eigenvalue weighted by molar-refractivity contribution is 1.08. The van der Waals surface area contributed by atoms with Crippen LogP contribution in [0.25, 0.3) is 121 Å². The molecule has 3 aromatic heterocycles. The molecule has 0 aliphatic heterocycles. The molecule has 288 valence electrons. The molecule has 0 aliphatic rings. The Labute approximate surface area is 357 Å². The molecule has 4 heteroatoms. The molecular weight excluding hydrogens is 753 g/mol.